The number of hydrogen-bond acceptors (Lipinski definition) is 5. The molecule has 4 aromatic rings. The third-order valence-electron chi connectivity index (χ3n) is 6.10. The summed E-state index contributed by atoms with van der Waals surface area (Å²) in [5.74, 6) is -0.0336. The molecule has 1 saturated heterocycles. The van der Waals surface area contributed by atoms with Gasteiger partial charge in [0.25, 0.3) is 0 Å². The Kier molecular flexibility index (Phi) is 4.46. The molecule has 1 aromatic carbocycles. The van der Waals surface area contributed by atoms with E-state index in [0.717, 1.165) is 67.0 Å². The summed E-state index contributed by atoms with van der Waals surface area (Å²) < 4.78 is 32.3. The maximum atomic E-state index is 14.5. The fourth-order valence-corrected chi connectivity index (χ4v) is 5.73. The molecule has 1 fully saturated rings. The fraction of sp³-hybridized carbons (Fsp3) is 0.318. The van der Waals surface area contributed by atoms with Gasteiger partial charge in [-0.2, -0.15) is 9.67 Å². The molecule has 9 heteroatoms. The van der Waals surface area contributed by atoms with E-state index < -0.39 is 5.82 Å². The SMILES string of the molecule is Fc1ccc(F)c([C@H]2CCCN2c2ccn3ncc(-c4c[n+]5c(s4)CCNC5)c3n2)c1. The molecule has 6 rings (SSSR count). The Morgan fingerprint density at radius 3 is 3.06 bits per heavy atom. The quantitative estimate of drug-likeness (QED) is 0.497. The zero-order chi connectivity index (χ0) is 20.9. The van der Waals surface area contributed by atoms with Crippen LogP contribution < -0.4 is 14.8 Å². The van der Waals surface area contributed by atoms with Gasteiger partial charge in [-0.1, -0.05) is 11.3 Å². The number of rotatable bonds is 3. The Morgan fingerprint density at radius 2 is 2.16 bits per heavy atom. The first-order valence-corrected chi connectivity index (χ1v) is 11.3. The van der Waals surface area contributed by atoms with Crippen LogP contribution in [0.1, 0.15) is 29.5 Å². The first-order chi connectivity index (χ1) is 15.2. The van der Waals surface area contributed by atoms with Crippen molar-refractivity contribution >= 4 is 22.8 Å². The van der Waals surface area contributed by atoms with Crippen molar-refractivity contribution in [3.63, 3.8) is 0 Å². The lowest BCUT2D eigenvalue weighted by Crippen LogP contribution is -2.47. The number of anilines is 1. The van der Waals surface area contributed by atoms with Gasteiger partial charge in [0.15, 0.2) is 11.8 Å². The summed E-state index contributed by atoms with van der Waals surface area (Å²) in [6.07, 6.45) is 8.57. The maximum Gasteiger partial charge on any atom is 0.240 e. The average Bonchev–Trinajstić information content (AvgIpc) is 3.52. The standard InChI is InChI=1S/C22H21F2N6S/c23-14-3-4-17(24)15(10-14)18-2-1-8-29(18)20-6-9-30-22(27-20)16(11-26-30)19-12-28-13-25-7-5-21(28)31-19/h3-4,6,9-12,18,25H,1-2,5,7-8,13H2/q+1/t18-/m1/s1. The second-order valence-corrected chi connectivity index (χ2v) is 9.11. The second-order valence-electron chi connectivity index (χ2n) is 8.00. The first-order valence-electron chi connectivity index (χ1n) is 10.5. The van der Waals surface area contributed by atoms with Crippen molar-refractivity contribution in [3.8, 4) is 10.4 Å². The summed E-state index contributed by atoms with van der Waals surface area (Å²) >= 11 is 1.77. The van der Waals surface area contributed by atoms with Crippen LogP contribution >= 0.6 is 11.3 Å². The molecule has 0 aliphatic carbocycles. The van der Waals surface area contributed by atoms with E-state index in [4.69, 9.17) is 4.98 Å². The van der Waals surface area contributed by atoms with Gasteiger partial charge in [-0.25, -0.2) is 18.3 Å². The molecule has 158 valence electrons. The number of hydrogen-bond donors (Lipinski definition) is 1. The second kappa shape index (κ2) is 7.35. The summed E-state index contributed by atoms with van der Waals surface area (Å²) in [6.45, 7) is 2.56. The predicted octanol–water partition coefficient (Wildman–Crippen LogP) is 3.47. The molecule has 0 amide bonds. The van der Waals surface area contributed by atoms with Crippen LogP contribution in [0.25, 0.3) is 16.1 Å². The van der Waals surface area contributed by atoms with Crippen LogP contribution in [0.5, 0.6) is 0 Å². The fourth-order valence-electron chi connectivity index (χ4n) is 4.60. The highest BCUT2D eigenvalue weighted by molar-refractivity contribution is 7.14. The third-order valence-corrected chi connectivity index (χ3v) is 7.32. The Labute approximate surface area is 181 Å². The molecule has 0 saturated carbocycles. The first kappa shape index (κ1) is 18.8. The molecular formula is C22H21F2N6S+. The molecule has 0 spiro atoms. The summed E-state index contributed by atoms with van der Waals surface area (Å²) in [5.41, 5.74) is 2.15. The lowest BCUT2D eigenvalue weighted by atomic mass is 10.0. The van der Waals surface area contributed by atoms with E-state index in [2.05, 4.69) is 26.1 Å². The van der Waals surface area contributed by atoms with Crippen LogP contribution in [0.3, 0.4) is 0 Å². The van der Waals surface area contributed by atoms with Crippen molar-refractivity contribution in [2.75, 3.05) is 18.0 Å². The molecule has 1 atom stereocenters. The van der Waals surface area contributed by atoms with Gasteiger partial charge in [-0.15, -0.1) is 0 Å². The van der Waals surface area contributed by atoms with Gasteiger partial charge in [0.2, 0.25) is 11.7 Å². The van der Waals surface area contributed by atoms with Crippen LogP contribution in [0.15, 0.2) is 42.9 Å². The molecule has 1 N–H and O–H groups in total. The summed E-state index contributed by atoms with van der Waals surface area (Å²) in [6, 6.07) is 5.35. The van der Waals surface area contributed by atoms with Crippen molar-refractivity contribution in [2.24, 2.45) is 0 Å². The minimum absolute atomic E-state index is 0.229. The van der Waals surface area contributed by atoms with Gasteiger partial charge in [0.05, 0.1) is 24.2 Å². The lowest BCUT2D eigenvalue weighted by molar-refractivity contribution is -0.708. The number of halogens is 2. The molecule has 0 radical (unpaired) electrons. The van der Waals surface area contributed by atoms with E-state index in [1.165, 1.54) is 17.1 Å². The van der Waals surface area contributed by atoms with Crippen molar-refractivity contribution in [1.82, 2.24) is 19.9 Å². The minimum atomic E-state index is -0.418. The van der Waals surface area contributed by atoms with Crippen LogP contribution in [0.4, 0.5) is 14.6 Å². The molecule has 2 aliphatic rings. The smallest absolute Gasteiger partial charge is 0.240 e. The van der Waals surface area contributed by atoms with Crippen molar-refractivity contribution in [3.05, 3.63) is 65.1 Å². The van der Waals surface area contributed by atoms with Crippen molar-refractivity contribution in [1.29, 1.82) is 0 Å². The third kappa shape index (κ3) is 3.19. The Hall–Kier alpha value is -2.91. The Bertz CT molecular complexity index is 1260. The zero-order valence-electron chi connectivity index (χ0n) is 16.8. The summed E-state index contributed by atoms with van der Waals surface area (Å²) in [7, 11) is 0. The van der Waals surface area contributed by atoms with Gasteiger partial charge >= 0.3 is 0 Å². The largest absolute Gasteiger partial charge is 0.349 e. The predicted molar refractivity (Wildman–Crippen MR) is 114 cm³/mol. The molecule has 6 nitrogen and oxygen atoms in total. The van der Waals surface area contributed by atoms with Crippen molar-refractivity contribution < 1.29 is 13.3 Å². The molecular weight excluding hydrogens is 418 g/mol. The number of thiazole rings is 1. The zero-order valence-corrected chi connectivity index (χ0v) is 17.6. The van der Waals surface area contributed by atoms with E-state index in [9.17, 15) is 8.78 Å². The Morgan fingerprint density at radius 1 is 1.23 bits per heavy atom. The van der Waals surface area contributed by atoms with Crippen LogP contribution in [-0.2, 0) is 13.1 Å². The van der Waals surface area contributed by atoms with Gasteiger partial charge in [0, 0.05) is 24.8 Å². The highest BCUT2D eigenvalue weighted by Gasteiger charge is 2.30. The number of nitrogens with one attached hydrogen (secondary N) is 1. The number of nitrogens with zero attached hydrogens (tertiary/aromatic N) is 5. The van der Waals surface area contributed by atoms with Gasteiger partial charge in [-0.05, 0) is 37.1 Å². The highest BCUT2D eigenvalue weighted by Crippen LogP contribution is 2.37. The monoisotopic (exact) mass is 439 g/mol. The van der Waals surface area contributed by atoms with Crippen LogP contribution in [0, 0.1) is 11.6 Å². The number of aromatic nitrogens is 4. The molecule has 2 aliphatic heterocycles. The van der Waals surface area contributed by atoms with E-state index in [0.29, 0.717) is 5.56 Å². The van der Waals surface area contributed by atoms with E-state index in [-0.39, 0.29) is 11.9 Å². The highest BCUT2D eigenvalue weighted by atomic mass is 32.1. The van der Waals surface area contributed by atoms with Gasteiger partial charge < -0.3 is 4.90 Å². The van der Waals surface area contributed by atoms with E-state index >= 15 is 0 Å². The normalized spacial score (nSPS) is 18.6. The summed E-state index contributed by atoms with van der Waals surface area (Å²) in [5, 5.41) is 9.20. The average molecular weight is 440 g/mol. The van der Waals surface area contributed by atoms with Gasteiger partial charge in [-0.3, -0.25) is 5.32 Å². The molecule has 0 unspecified atom stereocenters. The lowest BCUT2D eigenvalue weighted by Gasteiger charge is -2.26. The van der Waals surface area contributed by atoms with E-state index in [1.807, 2.05) is 18.5 Å². The summed E-state index contributed by atoms with van der Waals surface area (Å²) in [4.78, 5) is 8.13. The minimum Gasteiger partial charge on any atom is -0.349 e. The molecule has 0 bridgehead atoms. The van der Waals surface area contributed by atoms with Crippen LogP contribution in [0.2, 0.25) is 0 Å². The molecule has 3 aromatic heterocycles. The van der Waals surface area contributed by atoms with Crippen molar-refractivity contribution in [2.45, 2.75) is 32.0 Å². The number of fused-ring (bicyclic) bond motifs is 2. The van der Waals surface area contributed by atoms with Crippen LogP contribution in [-0.4, -0.2) is 27.7 Å². The molecule has 5 heterocycles. The Balaban J connectivity index is 1.40. The van der Waals surface area contributed by atoms with Gasteiger partial charge in [0.1, 0.15) is 22.3 Å². The number of benzene rings is 1. The molecule has 31 heavy (non-hydrogen) atoms. The maximum absolute atomic E-state index is 14.5. The topological polar surface area (TPSA) is 49.3 Å². The van der Waals surface area contributed by atoms with E-state index in [1.54, 1.807) is 15.9 Å².